The van der Waals surface area contributed by atoms with Gasteiger partial charge in [0.05, 0.1) is 29.9 Å². The van der Waals surface area contributed by atoms with E-state index >= 15 is 0 Å². The number of nitrogens with one attached hydrogen (secondary N) is 1. The summed E-state index contributed by atoms with van der Waals surface area (Å²) in [6.07, 6.45) is -1.43. The summed E-state index contributed by atoms with van der Waals surface area (Å²) >= 11 is 0. The first-order valence-corrected chi connectivity index (χ1v) is 9.63. The van der Waals surface area contributed by atoms with Crippen LogP contribution in [0.3, 0.4) is 0 Å². The predicted octanol–water partition coefficient (Wildman–Crippen LogP) is 5.07. The van der Waals surface area contributed by atoms with E-state index in [0.717, 1.165) is 18.9 Å². The lowest BCUT2D eigenvalue weighted by atomic mass is 10.0. The average Bonchev–Trinajstić information content (AvgIpc) is 2.72. The maximum absolute atomic E-state index is 13.7. The van der Waals surface area contributed by atoms with E-state index in [0.29, 0.717) is 23.3 Å². The Labute approximate surface area is 172 Å². The van der Waals surface area contributed by atoms with Gasteiger partial charge in [-0.2, -0.15) is 13.2 Å². The highest BCUT2D eigenvalue weighted by Gasteiger charge is 2.34. The van der Waals surface area contributed by atoms with Gasteiger partial charge in [-0.15, -0.1) is 0 Å². The van der Waals surface area contributed by atoms with Crippen molar-refractivity contribution >= 4 is 16.8 Å². The number of carbonyl (C=O) groups excluding carboxylic acids is 1. The molecular weight excluding hydrogens is 395 g/mol. The van der Waals surface area contributed by atoms with Crippen LogP contribution in [0.4, 0.5) is 13.2 Å². The van der Waals surface area contributed by atoms with Gasteiger partial charge in [0.2, 0.25) is 0 Å². The van der Waals surface area contributed by atoms with E-state index in [-0.39, 0.29) is 23.5 Å². The molecule has 1 aromatic carbocycles. The molecule has 158 valence electrons. The summed E-state index contributed by atoms with van der Waals surface area (Å²) in [5.74, 6) is -0.428. The highest BCUT2D eigenvalue weighted by Crippen LogP contribution is 2.38. The van der Waals surface area contributed by atoms with Crippen LogP contribution in [0.2, 0.25) is 0 Å². The Morgan fingerprint density at radius 3 is 2.67 bits per heavy atom. The van der Waals surface area contributed by atoms with Crippen molar-refractivity contribution < 1.29 is 22.7 Å². The van der Waals surface area contributed by atoms with Crippen LogP contribution < -0.4 is 10.1 Å². The molecule has 1 amide bonds. The summed E-state index contributed by atoms with van der Waals surface area (Å²) in [6, 6.07) is 9.23. The number of ether oxygens (including phenoxy) is 1. The molecule has 0 atom stereocenters. The van der Waals surface area contributed by atoms with Crippen molar-refractivity contribution in [3.05, 3.63) is 65.1 Å². The molecule has 0 bridgehead atoms. The third-order valence-electron chi connectivity index (χ3n) is 4.55. The minimum absolute atomic E-state index is 0.0823. The molecule has 0 aliphatic carbocycles. The summed E-state index contributed by atoms with van der Waals surface area (Å²) in [6.45, 7) is 4.10. The monoisotopic (exact) mass is 417 g/mol. The maximum atomic E-state index is 13.7. The molecule has 3 rings (SSSR count). The molecule has 0 saturated carbocycles. The number of aromatic nitrogens is 2. The standard InChI is InChI=1S/C22H22F3N3O2/c1-3-4-9-30-16-11-17-14(2)10-19(28-20(17)18(12-16)22(23,24)25)21(29)27-13-15-7-5-6-8-26-15/h5-8,10-12H,3-4,9,13H2,1-2H3,(H,27,29). The summed E-state index contributed by atoms with van der Waals surface area (Å²) in [7, 11) is 0. The summed E-state index contributed by atoms with van der Waals surface area (Å²) < 4.78 is 46.6. The molecule has 0 aliphatic heterocycles. The number of benzene rings is 1. The van der Waals surface area contributed by atoms with Gasteiger partial charge in [-0.3, -0.25) is 9.78 Å². The van der Waals surface area contributed by atoms with Crippen molar-refractivity contribution in [3.8, 4) is 5.75 Å². The van der Waals surface area contributed by atoms with Gasteiger partial charge in [-0.25, -0.2) is 4.98 Å². The SMILES string of the molecule is CCCCOc1cc(C(F)(F)F)c2nc(C(=O)NCc3ccccn3)cc(C)c2c1. The number of unbranched alkanes of at least 4 members (excludes halogenated alkanes) is 1. The molecule has 3 aromatic rings. The molecule has 1 N–H and O–H groups in total. The summed E-state index contributed by atoms with van der Waals surface area (Å²) in [5, 5.41) is 2.94. The number of hydrogen-bond acceptors (Lipinski definition) is 4. The number of halogens is 3. The number of rotatable bonds is 7. The molecule has 2 aromatic heterocycles. The van der Waals surface area contributed by atoms with Crippen LogP contribution in [0.25, 0.3) is 10.9 Å². The molecular formula is C22H22F3N3O2. The van der Waals surface area contributed by atoms with Gasteiger partial charge < -0.3 is 10.1 Å². The van der Waals surface area contributed by atoms with Crippen LogP contribution in [0.15, 0.2) is 42.6 Å². The molecule has 0 aliphatic rings. The van der Waals surface area contributed by atoms with Crippen LogP contribution in [0.5, 0.6) is 5.75 Å². The Morgan fingerprint density at radius 2 is 2.00 bits per heavy atom. The topological polar surface area (TPSA) is 64.1 Å². The lowest BCUT2D eigenvalue weighted by molar-refractivity contribution is -0.136. The van der Waals surface area contributed by atoms with Gasteiger partial charge in [0.15, 0.2) is 0 Å². The van der Waals surface area contributed by atoms with Gasteiger partial charge in [0.25, 0.3) is 5.91 Å². The molecule has 5 nitrogen and oxygen atoms in total. The highest BCUT2D eigenvalue weighted by molar-refractivity contribution is 5.97. The van der Waals surface area contributed by atoms with Gasteiger partial charge in [-0.1, -0.05) is 19.4 Å². The fraction of sp³-hybridized carbons (Fsp3) is 0.318. The van der Waals surface area contributed by atoms with Gasteiger partial charge >= 0.3 is 6.18 Å². The minimum atomic E-state index is -4.63. The number of carbonyl (C=O) groups is 1. The van der Waals surface area contributed by atoms with Crippen LogP contribution in [0, 0.1) is 6.92 Å². The molecule has 8 heteroatoms. The number of pyridine rings is 2. The van der Waals surface area contributed by atoms with Gasteiger partial charge in [0, 0.05) is 11.6 Å². The van der Waals surface area contributed by atoms with Crippen molar-refractivity contribution in [2.24, 2.45) is 0 Å². The summed E-state index contributed by atoms with van der Waals surface area (Å²) in [4.78, 5) is 20.7. The lowest BCUT2D eigenvalue weighted by Gasteiger charge is -2.15. The van der Waals surface area contributed by atoms with Gasteiger partial charge in [-0.05, 0) is 49.2 Å². The molecule has 0 unspecified atom stereocenters. The van der Waals surface area contributed by atoms with Crippen LogP contribution in [0.1, 0.15) is 47.1 Å². The number of fused-ring (bicyclic) bond motifs is 1. The molecule has 2 heterocycles. The minimum Gasteiger partial charge on any atom is -0.494 e. The number of aryl methyl sites for hydroxylation is 1. The number of hydrogen-bond donors (Lipinski definition) is 1. The average molecular weight is 417 g/mol. The van der Waals surface area contributed by atoms with E-state index in [4.69, 9.17) is 4.74 Å². The van der Waals surface area contributed by atoms with Crippen molar-refractivity contribution in [1.29, 1.82) is 0 Å². The van der Waals surface area contributed by atoms with Crippen molar-refractivity contribution in [2.75, 3.05) is 6.61 Å². The lowest BCUT2D eigenvalue weighted by Crippen LogP contribution is -2.24. The number of amides is 1. The van der Waals surface area contributed by atoms with Crippen molar-refractivity contribution in [1.82, 2.24) is 15.3 Å². The summed E-state index contributed by atoms with van der Waals surface area (Å²) in [5.41, 5.74) is -0.133. The first kappa shape index (κ1) is 21.5. The second-order valence-corrected chi connectivity index (χ2v) is 6.89. The number of nitrogens with zero attached hydrogens (tertiary/aromatic N) is 2. The third kappa shape index (κ3) is 5.06. The number of alkyl halides is 3. The quantitative estimate of drug-likeness (QED) is 0.546. The Hall–Kier alpha value is -3.16. The Bertz CT molecular complexity index is 1040. The molecule has 0 saturated heterocycles. The zero-order chi connectivity index (χ0) is 21.7. The van der Waals surface area contributed by atoms with E-state index in [1.54, 1.807) is 31.3 Å². The first-order chi connectivity index (χ1) is 14.3. The zero-order valence-electron chi connectivity index (χ0n) is 16.7. The van der Waals surface area contributed by atoms with Crippen molar-refractivity contribution in [3.63, 3.8) is 0 Å². The van der Waals surface area contributed by atoms with E-state index in [1.165, 1.54) is 12.1 Å². The fourth-order valence-electron chi connectivity index (χ4n) is 2.98. The maximum Gasteiger partial charge on any atom is 0.418 e. The molecule has 0 radical (unpaired) electrons. The largest absolute Gasteiger partial charge is 0.494 e. The van der Waals surface area contributed by atoms with E-state index in [9.17, 15) is 18.0 Å². The van der Waals surface area contributed by atoms with Crippen LogP contribution in [-0.4, -0.2) is 22.5 Å². The first-order valence-electron chi connectivity index (χ1n) is 9.63. The molecule has 30 heavy (non-hydrogen) atoms. The Balaban J connectivity index is 1.96. The Morgan fingerprint density at radius 1 is 1.20 bits per heavy atom. The second-order valence-electron chi connectivity index (χ2n) is 6.89. The normalized spacial score (nSPS) is 11.5. The van der Waals surface area contributed by atoms with E-state index in [2.05, 4.69) is 15.3 Å². The van der Waals surface area contributed by atoms with Crippen LogP contribution in [-0.2, 0) is 12.7 Å². The van der Waals surface area contributed by atoms with E-state index < -0.39 is 17.6 Å². The molecule has 0 spiro atoms. The highest BCUT2D eigenvalue weighted by atomic mass is 19.4. The van der Waals surface area contributed by atoms with E-state index in [1.807, 2.05) is 6.92 Å². The fourth-order valence-corrected chi connectivity index (χ4v) is 2.98. The molecule has 0 fully saturated rings. The van der Waals surface area contributed by atoms with Gasteiger partial charge in [0.1, 0.15) is 11.4 Å². The predicted molar refractivity (Wildman–Crippen MR) is 107 cm³/mol. The Kier molecular flexibility index (Phi) is 6.54. The smallest absolute Gasteiger partial charge is 0.418 e. The zero-order valence-corrected chi connectivity index (χ0v) is 16.7. The third-order valence-corrected chi connectivity index (χ3v) is 4.55. The van der Waals surface area contributed by atoms with Crippen LogP contribution >= 0.6 is 0 Å². The second kappa shape index (κ2) is 9.11. The van der Waals surface area contributed by atoms with Crippen molar-refractivity contribution in [2.45, 2.75) is 39.4 Å².